The number of ether oxygens (including phenoxy) is 2. The maximum Gasteiger partial charge on any atom is 0.335 e. The maximum absolute atomic E-state index is 13.7. The van der Waals surface area contributed by atoms with Gasteiger partial charge >= 0.3 is 6.03 Å². The van der Waals surface area contributed by atoms with E-state index in [-0.39, 0.29) is 23.4 Å². The molecule has 1 heterocycles. The maximum atomic E-state index is 13.7. The number of halogens is 2. The number of barbiturate groups is 1. The molecule has 3 aromatic rings. The molecule has 5 fully saturated rings. The van der Waals surface area contributed by atoms with Crippen LogP contribution in [-0.4, -0.2) is 24.5 Å². The molecular weight excluding hydrogens is 639 g/mol. The second kappa shape index (κ2) is 11.7. The lowest BCUT2D eigenvalue weighted by Gasteiger charge is -2.57. The second-order valence-electron chi connectivity index (χ2n) is 12.9. The zero-order valence-electron chi connectivity index (χ0n) is 25.0. The first kappa shape index (κ1) is 29.7. The molecule has 4 amide bonds. The largest absolute Gasteiger partial charge is 0.490 e. The van der Waals surface area contributed by atoms with Gasteiger partial charge in [0.15, 0.2) is 11.5 Å². The summed E-state index contributed by atoms with van der Waals surface area (Å²) in [6.07, 6.45) is 9.16. The molecule has 3 aromatic carbocycles. The van der Waals surface area contributed by atoms with Gasteiger partial charge in [0.25, 0.3) is 11.8 Å². The Bertz CT molecular complexity index is 1680. The molecule has 45 heavy (non-hydrogen) atoms. The zero-order chi connectivity index (χ0) is 31.3. The predicted octanol–water partition coefficient (Wildman–Crippen LogP) is 7.70. The molecule has 0 aromatic heterocycles. The van der Waals surface area contributed by atoms with E-state index in [1.807, 2.05) is 19.1 Å². The van der Waals surface area contributed by atoms with Gasteiger partial charge in [0.2, 0.25) is 0 Å². The number of nitrogens with zero attached hydrogens (tertiary/aromatic N) is 1. The number of hydrogen-bond acceptors (Lipinski definition) is 5. The van der Waals surface area contributed by atoms with Gasteiger partial charge in [-0.05, 0) is 128 Å². The number of benzene rings is 3. The molecule has 4 saturated carbocycles. The highest BCUT2D eigenvalue weighted by atomic mass is 79.9. The molecule has 7 nitrogen and oxygen atoms in total. The third kappa shape index (κ3) is 5.67. The molecule has 232 valence electrons. The Hall–Kier alpha value is -3.98. The number of urea groups is 1. The normalized spacial score (nSPS) is 26.4. The number of carbonyl (C=O) groups excluding carboxylic acids is 3. The van der Waals surface area contributed by atoms with E-state index < -0.39 is 17.8 Å². The van der Waals surface area contributed by atoms with Gasteiger partial charge < -0.3 is 9.47 Å². The highest BCUT2D eigenvalue weighted by molar-refractivity contribution is 9.10. The summed E-state index contributed by atoms with van der Waals surface area (Å²) in [6, 6.07) is 16.5. The summed E-state index contributed by atoms with van der Waals surface area (Å²) in [6.45, 7) is 2.28. The van der Waals surface area contributed by atoms with E-state index in [2.05, 4.69) is 33.4 Å². The van der Waals surface area contributed by atoms with Crippen LogP contribution in [-0.2, 0) is 21.6 Å². The number of nitrogens with one attached hydrogen (secondary N) is 1. The summed E-state index contributed by atoms with van der Waals surface area (Å²) < 4.78 is 25.9. The van der Waals surface area contributed by atoms with Crippen molar-refractivity contribution in [3.63, 3.8) is 0 Å². The lowest BCUT2D eigenvalue weighted by molar-refractivity contribution is -0.122. The smallest absolute Gasteiger partial charge is 0.335 e. The number of hydrogen-bond donors (Lipinski definition) is 1. The first-order chi connectivity index (χ1) is 21.7. The van der Waals surface area contributed by atoms with Gasteiger partial charge in [-0.3, -0.25) is 14.9 Å². The molecule has 0 unspecified atom stereocenters. The standard InChI is InChI=1S/C36H34BrFN2O5/c1-2-44-31-15-25(30(37)16-32(31)45-20-21-4-3-5-27(38)13-21)14-29-33(41)39-35(43)40(34(29)42)28-8-6-26(7-9-28)36-17-22-10-23(18-36)12-24(11-22)19-36/h3-9,13-16,22-24H,2,10-12,17-20H2,1H3,(H,39,41,43)/b29-14+. The molecule has 1 aliphatic heterocycles. The van der Waals surface area contributed by atoms with Crippen LogP contribution in [0.5, 0.6) is 11.5 Å². The van der Waals surface area contributed by atoms with Crippen LogP contribution in [0.25, 0.3) is 6.08 Å². The van der Waals surface area contributed by atoms with Crippen molar-refractivity contribution in [3.05, 3.63) is 93.2 Å². The van der Waals surface area contributed by atoms with E-state index in [0.29, 0.717) is 39.4 Å². The van der Waals surface area contributed by atoms with Gasteiger partial charge in [0.1, 0.15) is 18.0 Å². The third-order valence-electron chi connectivity index (χ3n) is 9.82. The van der Waals surface area contributed by atoms with Crippen molar-refractivity contribution in [3.8, 4) is 11.5 Å². The van der Waals surface area contributed by atoms with Crippen molar-refractivity contribution in [1.29, 1.82) is 0 Å². The first-order valence-corrected chi connectivity index (χ1v) is 16.4. The van der Waals surface area contributed by atoms with Crippen LogP contribution in [0.4, 0.5) is 14.9 Å². The van der Waals surface area contributed by atoms with Crippen LogP contribution in [0.2, 0.25) is 0 Å². The molecule has 4 bridgehead atoms. The lowest BCUT2D eigenvalue weighted by Crippen LogP contribution is -2.54. The van der Waals surface area contributed by atoms with Crippen LogP contribution in [0.3, 0.4) is 0 Å². The molecule has 1 saturated heterocycles. The molecule has 8 rings (SSSR count). The Morgan fingerprint density at radius 3 is 2.24 bits per heavy atom. The van der Waals surface area contributed by atoms with Crippen molar-refractivity contribution in [2.24, 2.45) is 17.8 Å². The van der Waals surface area contributed by atoms with Gasteiger partial charge in [-0.1, -0.05) is 40.2 Å². The minimum Gasteiger partial charge on any atom is -0.490 e. The number of imide groups is 2. The van der Waals surface area contributed by atoms with Crippen molar-refractivity contribution in [1.82, 2.24) is 5.32 Å². The van der Waals surface area contributed by atoms with E-state index in [1.165, 1.54) is 62.3 Å². The molecular formula is C36H34BrFN2O5. The van der Waals surface area contributed by atoms with E-state index in [0.717, 1.165) is 22.7 Å². The average molecular weight is 674 g/mol. The zero-order valence-corrected chi connectivity index (χ0v) is 26.6. The fourth-order valence-corrected chi connectivity index (χ4v) is 8.74. The number of rotatable bonds is 8. The van der Waals surface area contributed by atoms with Crippen molar-refractivity contribution in [2.75, 3.05) is 11.5 Å². The SMILES string of the molecule is CCOc1cc(/C=C2\C(=O)NC(=O)N(c3ccc(C45CC6CC(CC(C6)C4)C5)cc3)C2=O)c(Br)cc1OCc1cccc(F)c1. The monoisotopic (exact) mass is 672 g/mol. The molecule has 0 atom stereocenters. The van der Waals surface area contributed by atoms with Crippen LogP contribution < -0.4 is 19.7 Å². The van der Waals surface area contributed by atoms with Crippen molar-refractivity contribution in [2.45, 2.75) is 57.5 Å². The Kier molecular flexibility index (Phi) is 7.76. The molecule has 4 aliphatic carbocycles. The Morgan fingerprint density at radius 1 is 0.933 bits per heavy atom. The summed E-state index contributed by atoms with van der Waals surface area (Å²) in [5.41, 5.74) is 2.85. The number of amides is 4. The predicted molar refractivity (Wildman–Crippen MR) is 171 cm³/mol. The third-order valence-corrected chi connectivity index (χ3v) is 10.5. The summed E-state index contributed by atoms with van der Waals surface area (Å²) in [5.74, 6) is 1.38. The minimum atomic E-state index is -0.778. The van der Waals surface area contributed by atoms with Crippen LogP contribution >= 0.6 is 15.9 Å². The summed E-state index contributed by atoms with van der Waals surface area (Å²) in [7, 11) is 0. The fraction of sp³-hybridized carbons (Fsp3) is 0.361. The van der Waals surface area contributed by atoms with Gasteiger partial charge in [-0.25, -0.2) is 14.1 Å². The second-order valence-corrected chi connectivity index (χ2v) is 13.7. The average Bonchev–Trinajstić information content (AvgIpc) is 2.99. The fourth-order valence-electron chi connectivity index (χ4n) is 8.31. The van der Waals surface area contributed by atoms with E-state index in [4.69, 9.17) is 9.47 Å². The summed E-state index contributed by atoms with van der Waals surface area (Å²) in [4.78, 5) is 40.6. The minimum absolute atomic E-state index is 0.115. The van der Waals surface area contributed by atoms with E-state index >= 15 is 0 Å². The molecule has 1 N–H and O–H groups in total. The van der Waals surface area contributed by atoms with Crippen LogP contribution in [0.1, 0.15) is 62.1 Å². The molecule has 9 heteroatoms. The van der Waals surface area contributed by atoms with Crippen LogP contribution in [0.15, 0.2) is 70.7 Å². The van der Waals surface area contributed by atoms with Crippen molar-refractivity contribution < 1.29 is 28.2 Å². The van der Waals surface area contributed by atoms with Gasteiger partial charge in [-0.15, -0.1) is 0 Å². The van der Waals surface area contributed by atoms with Crippen LogP contribution in [0, 0.1) is 23.6 Å². The molecule has 0 radical (unpaired) electrons. The highest BCUT2D eigenvalue weighted by Gasteiger charge is 2.51. The van der Waals surface area contributed by atoms with E-state index in [9.17, 15) is 18.8 Å². The quantitative estimate of drug-likeness (QED) is 0.196. The first-order valence-electron chi connectivity index (χ1n) is 15.6. The summed E-state index contributed by atoms with van der Waals surface area (Å²) in [5, 5.41) is 2.32. The van der Waals surface area contributed by atoms with Gasteiger partial charge in [0.05, 0.1) is 12.3 Å². The molecule has 5 aliphatic rings. The highest BCUT2D eigenvalue weighted by Crippen LogP contribution is 2.60. The Morgan fingerprint density at radius 2 is 1.60 bits per heavy atom. The number of carbonyl (C=O) groups is 3. The van der Waals surface area contributed by atoms with Gasteiger partial charge in [-0.2, -0.15) is 0 Å². The number of anilines is 1. The Labute approximate surface area is 269 Å². The molecule has 0 spiro atoms. The van der Waals surface area contributed by atoms with Crippen molar-refractivity contribution >= 4 is 45.5 Å². The Balaban J connectivity index is 1.14. The van der Waals surface area contributed by atoms with Gasteiger partial charge in [0, 0.05) is 4.47 Å². The lowest BCUT2D eigenvalue weighted by atomic mass is 9.48. The summed E-state index contributed by atoms with van der Waals surface area (Å²) >= 11 is 3.52. The topological polar surface area (TPSA) is 84.9 Å². The van der Waals surface area contributed by atoms with E-state index in [1.54, 1.807) is 24.3 Å².